The Morgan fingerprint density at radius 2 is 1.93 bits per heavy atom. The van der Waals surface area contributed by atoms with Crippen LogP contribution in [0.3, 0.4) is 0 Å². The van der Waals surface area contributed by atoms with E-state index < -0.39 is 48.7 Å². The van der Waals surface area contributed by atoms with E-state index in [0.717, 1.165) is 30.6 Å². The molecule has 0 saturated carbocycles. The normalized spacial score (nSPS) is 11.7. The first kappa shape index (κ1) is 20.7. The second kappa shape index (κ2) is 8.36. The van der Waals surface area contributed by atoms with Crippen LogP contribution >= 0.6 is 0 Å². The quantitative estimate of drug-likeness (QED) is 0.671. The minimum absolute atomic E-state index is 0.00741. The molecule has 2 aromatic rings. The summed E-state index contributed by atoms with van der Waals surface area (Å²) in [5, 5.41) is 0. The van der Waals surface area contributed by atoms with Crippen LogP contribution in [0.4, 0.5) is 32.0 Å². The molecule has 0 radical (unpaired) electrons. The van der Waals surface area contributed by atoms with Crippen molar-refractivity contribution in [1.29, 1.82) is 0 Å². The number of hydrogen-bond donors (Lipinski definition) is 0. The lowest BCUT2D eigenvalue weighted by Crippen LogP contribution is -2.34. The first-order valence-corrected chi connectivity index (χ1v) is 7.91. The molecule has 0 aliphatic rings. The Balaban J connectivity index is 2.55. The maximum absolute atomic E-state index is 13.5. The van der Waals surface area contributed by atoms with E-state index in [9.17, 15) is 31.1 Å². The Hall–Kier alpha value is -2.65. The van der Waals surface area contributed by atoms with Crippen LogP contribution < -0.4 is 4.90 Å². The maximum atomic E-state index is 13.5. The van der Waals surface area contributed by atoms with Crippen molar-refractivity contribution in [3.05, 3.63) is 42.1 Å². The highest BCUT2D eigenvalue weighted by molar-refractivity contribution is 5.94. The average molecular weight is 391 g/mol. The van der Waals surface area contributed by atoms with Gasteiger partial charge in [-0.2, -0.15) is 13.2 Å². The molecule has 27 heavy (non-hydrogen) atoms. The lowest BCUT2D eigenvalue weighted by atomic mass is 10.1. The predicted octanol–water partition coefficient (Wildman–Crippen LogP) is 4.70. The molecule has 0 bridgehead atoms. The van der Waals surface area contributed by atoms with Crippen LogP contribution in [0, 0.1) is 5.82 Å². The molecule has 0 atom stereocenters. The minimum atomic E-state index is -4.96. The molecule has 0 spiro atoms. The van der Waals surface area contributed by atoms with Crippen molar-refractivity contribution in [2.75, 3.05) is 11.4 Å². The molecule has 4 nitrogen and oxygen atoms in total. The van der Waals surface area contributed by atoms with E-state index in [1.807, 2.05) is 0 Å². The molecule has 0 unspecified atom stereocenters. The molecule has 0 aliphatic heterocycles. The van der Waals surface area contributed by atoms with Gasteiger partial charge < -0.3 is 4.90 Å². The van der Waals surface area contributed by atoms with Crippen LogP contribution in [0.2, 0.25) is 0 Å². The summed E-state index contributed by atoms with van der Waals surface area (Å²) in [6.07, 6.45) is -6.67. The van der Waals surface area contributed by atoms with Crippen LogP contribution in [0.1, 0.15) is 25.5 Å². The van der Waals surface area contributed by atoms with E-state index in [1.54, 1.807) is 0 Å². The lowest BCUT2D eigenvalue weighted by molar-refractivity contribution is -0.140. The fourth-order valence-electron chi connectivity index (χ4n) is 2.39. The number of hydrogen-bond acceptors (Lipinski definition) is 3. The summed E-state index contributed by atoms with van der Waals surface area (Å²) < 4.78 is 78.9. The standard InChI is InChI=1S/C17H15F6N3O/c1-2-15(27)26(6-5-14(19)20)13-4-3-12(25-16(13)17(21,22)23)10-7-11(18)9-24-8-10/h3-4,7-9,14H,2,5-6H2,1H3. The van der Waals surface area contributed by atoms with Crippen molar-refractivity contribution in [2.45, 2.75) is 32.4 Å². The van der Waals surface area contributed by atoms with E-state index in [4.69, 9.17) is 0 Å². The Labute approximate surface area is 150 Å². The number of pyridine rings is 2. The van der Waals surface area contributed by atoms with Crippen LogP contribution in [-0.2, 0) is 11.0 Å². The molecule has 2 rings (SSSR count). The fourth-order valence-corrected chi connectivity index (χ4v) is 2.39. The van der Waals surface area contributed by atoms with Gasteiger partial charge >= 0.3 is 6.18 Å². The molecular weight excluding hydrogens is 376 g/mol. The summed E-state index contributed by atoms with van der Waals surface area (Å²) in [7, 11) is 0. The highest BCUT2D eigenvalue weighted by atomic mass is 19.4. The summed E-state index contributed by atoms with van der Waals surface area (Å²) in [5.74, 6) is -1.50. The summed E-state index contributed by atoms with van der Waals surface area (Å²) in [5.41, 5.74) is -2.24. The van der Waals surface area contributed by atoms with Crippen molar-refractivity contribution in [3.8, 4) is 11.3 Å². The number of nitrogens with zero attached hydrogens (tertiary/aromatic N) is 3. The van der Waals surface area contributed by atoms with Gasteiger partial charge in [0.05, 0.1) is 17.6 Å². The zero-order valence-electron chi connectivity index (χ0n) is 14.1. The van der Waals surface area contributed by atoms with Crippen molar-refractivity contribution in [2.24, 2.45) is 0 Å². The summed E-state index contributed by atoms with van der Waals surface area (Å²) in [6, 6.07) is 3.08. The first-order chi connectivity index (χ1) is 12.6. The molecule has 146 valence electrons. The molecule has 2 heterocycles. The number of carbonyl (C=O) groups excluding carboxylic acids is 1. The molecule has 1 amide bonds. The van der Waals surface area contributed by atoms with Gasteiger partial charge in [-0.25, -0.2) is 18.2 Å². The van der Waals surface area contributed by atoms with E-state index in [0.29, 0.717) is 4.90 Å². The SMILES string of the molecule is CCC(=O)N(CCC(F)F)c1ccc(-c2cncc(F)c2)nc1C(F)(F)F. The molecule has 2 aromatic heterocycles. The van der Waals surface area contributed by atoms with Crippen molar-refractivity contribution in [1.82, 2.24) is 9.97 Å². The largest absolute Gasteiger partial charge is 0.435 e. The second-order valence-corrected chi connectivity index (χ2v) is 5.53. The molecule has 0 N–H and O–H groups in total. The molecule has 10 heteroatoms. The summed E-state index contributed by atoms with van der Waals surface area (Å²) in [6.45, 7) is 0.821. The van der Waals surface area contributed by atoms with Gasteiger partial charge in [0.25, 0.3) is 0 Å². The number of amides is 1. The van der Waals surface area contributed by atoms with E-state index in [2.05, 4.69) is 9.97 Å². The second-order valence-electron chi connectivity index (χ2n) is 5.53. The number of alkyl halides is 5. The van der Waals surface area contributed by atoms with E-state index in [-0.39, 0.29) is 17.7 Å². The van der Waals surface area contributed by atoms with Gasteiger partial charge in [0, 0.05) is 31.1 Å². The average Bonchev–Trinajstić information content (AvgIpc) is 2.60. The van der Waals surface area contributed by atoms with Crippen molar-refractivity contribution < 1.29 is 31.1 Å². The van der Waals surface area contributed by atoms with Gasteiger partial charge in [0.1, 0.15) is 5.82 Å². The number of halogens is 6. The number of anilines is 1. The molecule has 0 aliphatic carbocycles. The number of rotatable bonds is 6. The zero-order chi connectivity index (χ0) is 20.2. The van der Waals surface area contributed by atoms with Gasteiger partial charge in [-0.05, 0) is 18.2 Å². The lowest BCUT2D eigenvalue weighted by Gasteiger charge is -2.25. The zero-order valence-corrected chi connectivity index (χ0v) is 14.1. The van der Waals surface area contributed by atoms with Gasteiger partial charge in [-0.1, -0.05) is 6.92 Å². The van der Waals surface area contributed by atoms with Crippen molar-refractivity contribution >= 4 is 11.6 Å². The van der Waals surface area contributed by atoms with Crippen LogP contribution in [0.5, 0.6) is 0 Å². The topological polar surface area (TPSA) is 46.1 Å². The highest BCUT2D eigenvalue weighted by Crippen LogP contribution is 2.37. The first-order valence-electron chi connectivity index (χ1n) is 7.91. The fraction of sp³-hybridized carbons (Fsp3) is 0.353. The van der Waals surface area contributed by atoms with Crippen LogP contribution in [-0.4, -0.2) is 28.8 Å². The van der Waals surface area contributed by atoms with Gasteiger partial charge in [-0.15, -0.1) is 0 Å². The Morgan fingerprint density at radius 3 is 2.48 bits per heavy atom. The van der Waals surface area contributed by atoms with Gasteiger partial charge in [-0.3, -0.25) is 9.78 Å². The molecule has 0 saturated heterocycles. The third kappa shape index (κ3) is 5.18. The third-order valence-electron chi connectivity index (χ3n) is 3.61. The summed E-state index contributed by atoms with van der Waals surface area (Å²) >= 11 is 0. The maximum Gasteiger partial charge on any atom is 0.435 e. The number of carbonyl (C=O) groups is 1. The van der Waals surface area contributed by atoms with E-state index >= 15 is 0 Å². The Bertz CT molecular complexity index is 809. The smallest absolute Gasteiger partial charge is 0.310 e. The predicted molar refractivity (Wildman–Crippen MR) is 85.7 cm³/mol. The summed E-state index contributed by atoms with van der Waals surface area (Å²) in [4.78, 5) is 19.7. The molecular formula is C17H15F6N3O. The van der Waals surface area contributed by atoms with Crippen molar-refractivity contribution in [3.63, 3.8) is 0 Å². The monoisotopic (exact) mass is 391 g/mol. The highest BCUT2D eigenvalue weighted by Gasteiger charge is 2.38. The minimum Gasteiger partial charge on any atom is -0.310 e. The Kier molecular flexibility index (Phi) is 6.40. The molecule has 0 aromatic carbocycles. The van der Waals surface area contributed by atoms with Crippen LogP contribution in [0.25, 0.3) is 11.3 Å². The van der Waals surface area contributed by atoms with E-state index in [1.165, 1.54) is 6.92 Å². The van der Waals surface area contributed by atoms with Gasteiger partial charge in [0.15, 0.2) is 5.69 Å². The Morgan fingerprint density at radius 1 is 1.22 bits per heavy atom. The third-order valence-corrected chi connectivity index (χ3v) is 3.61. The van der Waals surface area contributed by atoms with Crippen LogP contribution in [0.15, 0.2) is 30.6 Å². The number of aromatic nitrogens is 2. The van der Waals surface area contributed by atoms with Gasteiger partial charge in [0.2, 0.25) is 12.3 Å². The molecule has 0 fully saturated rings.